The fraction of sp³-hybridized carbons (Fsp3) is 0. The lowest BCUT2D eigenvalue weighted by atomic mass is 10.2. The number of nitriles is 1. The SMILES string of the molecule is N#Cc1c(N)cncc1O. The van der Waals surface area contributed by atoms with Crippen molar-refractivity contribution in [2.45, 2.75) is 0 Å². The van der Waals surface area contributed by atoms with Crippen molar-refractivity contribution in [3.05, 3.63) is 18.0 Å². The number of rotatable bonds is 0. The molecular formula is C6H5N3O. The fourth-order valence-corrected chi connectivity index (χ4v) is 0.587. The zero-order valence-electron chi connectivity index (χ0n) is 5.07. The van der Waals surface area contributed by atoms with Crippen molar-refractivity contribution < 1.29 is 5.11 Å². The minimum absolute atomic E-state index is 0.0787. The van der Waals surface area contributed by atoms with Crippen molar-refractivity contribution in [1.29, 1.82) is 5.26 Å². The van der Waals surface area contributed by atoms with Gasteiger partial charge >= 0.3 is 0 Å². The topological polar surface area (TPSA) is 82.9 Å². The first-order valence-corrected chi connectivity index (χ1v) is 2.58. The smallest absolute Gasteiger partial charge is 0.153 e. The minimum atomic E-state index is -0.178. The van der Waals surface area contributed by atoms with Gasteiger partial charge in [-0.3, -0.25) is 4.98 Å². The highest BCUT2D eigenvalue weighted by Crippen LogP contribution is 2.18. The maximum atomic E-state index is 8.93. The second kappa shape index (κ2) is 2.23. The predicted molar refractivity (Wildman–Crippen MR) is 35.0 cm³/mol. The Bertz CT molecular complexity index is 269. The first-order chi connectivity index (χ1) is 4.75. The van der Waals surface area contributed by atoms with Crippen molar-refractivity contribution >= 4 is 5.69 Å². The van der Waals surface area contributed by atoms with Gasteiger partial charge in [-0.25, -0.2) is 0 Å². The van der Waals surface area contributed by atoms with E-state index in [1.54, 1.807) is 6.07 Å². The molecule has 1 rings (SSSR count). The zero-order chi connectivity index (χ0) is 7.56. The Kier molecular flexibility index (Phi) is 1.42. The number of anilines is 1. The van der Waals surface area contributed by atoms with Gasteiger partial charge in [-0.1, -0.05) is 0 Å². The average molecular weight is 135 g/mol. The van der Waals surface area contributed by atoms with Crippen LogP contribution in [0.3, 0.4) is 0 Å². The quantitative estimate of drug-likeness (QED) is 0.533. The summed E-state index contributed by atoms with van der Waals surface area (Å²) in [4.78, 5) is 3.57. The number of hydrogen-bond donors (Lipinski definition) is 2. The van der Waals surface area contributed by atoms with Gasteiger partial charge in [0.05, 0.1) is 18.1 Å². The second-order valence-corrected chi connectivity index (χ2v) is 1.73. The standard InChI is InChI=1S/C6H5N3O/c7-1-4-5(8)2-9-3-6(4)10/h2-3,10H,8H2. The summed E-state index contributed by atoms with van der Waals surface area (Å²) in [5.41, 5.74) is 5.56. The number of aromatic hydroxyl groups is 1. The molecule has 4 heteroatoms. The van der Waals surface area contributed by atoms with Gasteiger partial charge < -0.3 is 10.8 Å². The lowest BCUT2D eigenvalue weighted by Crippen LogP contribution is -1.90. The van der Waals surface area contributed by atoms with Crippen LogP contribution in [0.2, 0.25) is 0 Å². The number of pyridine rings is 1. The van der Waals surface area contributed by atoms with Crippen LogP contribution in [0.25, 0.3) is 0 Å². The van der Waals surface area contributed by atoms with Gasteiger partial charge in [0.1, 0.15) is 11.6 Å². The molecule has 0 saturated heterocycles. The highest BCUT2D eigenvalue weighted by atomic mass is 16.3. The Balaban J connectivity index is 3.34. The Labute approximate surface area is 57.5 Å². The molecule has 0 atom stereocenters. The maximum Gasteiger partial charge on any atom is 0.153 e. The Morgan fingerprint density at radius 2 is 2.30 bits per heavy atom. The molecule has 3 N–H and O–H groups in total. The van der Waals surface area contributed by atoms with Gasteiger partial charge in [0.2, 0.25) is 0 Å². The summed E-state index contributed by atoms with van der Waals surface area (Å²) in [6.07, 6.45) is 2.49. The van der Waals surface area contributed by atoms with E-state index in [0.29, 0.717) is 0 Å². The van der Waals surface area contributed by atoms with E-state index in [2.05, 4.69) is 4.98 Å². The average Bonchev–Trinajstić information content (AvgIpc) is 1.88. The van der Waals surface area contributed by atoms with Crippen LogP contribution >= 0.6 is 0 Å². The third-order valence-electron chi connectivity index (χ3n) is 1.07. The molecule has 1 heterocycles. The zero-order valence-corrected chi connectivity index (χ0v) is 5.07. The van der Waals surface area contributed by atoms with Crippen molar-refractivity contribution in [2.75, 3.05) is 5.73 Å². The lowest BCUT2D eigenvalue weighted by molar-refractivity contribution is 0.471. The van der Waals surface area contributed by atoms with Crippen LogP contribution in [0.4, 0.5) is 5.69 Å². The van der Waals surface area contributed by atoms with Gasteiger partial charge in [0.15, 0.2) is 5.75 Å². The van der Waals surface area contributed by atoms with Crippen LogP contribution in [0, 0.1) is 11.3 Å². The molecule has 0 amide bonds. The molecule has 10 heavy (non-hydrogen) atoms. The Morgan fingerprint density at radius 1 is 1.60 bits per heavy atom. The largest absolute Gasteiger partial charge is 0.505 e. The summed E-state index contributed by atoms with van der Waals surface area (Å²) in [5, 5.41) is 17.3. The van der Waals surface area contributed by atoms with Crippen LogP contribution in [-0.2, 0) is 0 Å². The van der Waals surface area contributed by atoms with Gasteiger partial charge in [-0.05, 0) is 0 Å². The third kappa shape index (κ3) is 0.845. The summed E-state index contributed by atoms with van der Waals surface area (Å²) < 4.78 is 0. The number of nitrogens with two attached hydrogens (primary N) is 1. The summed E-state index contributed by atoms with van der Waals surface area (Å²) in [5.74, 6) is -0.178. The van der Waals surface area contributed by atoms with Crippen molar-refractivity contribution in [2.24, 2.45) is 0 Å². The molecule has 0 saturated carbocycles. The number of nitrogen functional groups attached to an aromatic ring is 1. The van der Waals surface area contributed by atoms with E-state index in [1.165, 1.54) is 12.4 Å². The van der Waals surface area contributed by atoms with E-state index in [9.17, 15) is 0 Å². The van der Waals surface area contributed by atoms with Gasteiger partial charge in [-0.15, -0.1) is 0 Å². The number of aromatic nitrogens is 1. The summed E-state index contributed by atoms with van der Waals surface area (Å²) in [6.45, 7) is 0. The van der Waals surface area contributed by atoms with Crippen LogP contribution in [0.15, 0.2) is 12.4 Å². The number of nitrogens with zero attached hydrogens (tertiary/aromatic N) is 2. The molecule has 1 aromatic heterocycles. The minimum Gasteiger partial charge on any atom is -0.505 e. The van der Waals surface area contributed by atoms with Crippen LogP contribution in [0.1, 0.15) is 5.56 Å². The van der Waals surface area contributed by atoms with Gasteiger partial charge in [0.25, 0.3) is 0 Å². The molecule has 4 nitrogen and oxygen atoms in total. The molecule has 0 aliphatic heterocycles. The van der Waals surface area contributed by atoms with Crippen molar-refractivity contribution in [1.82, 2.24) is 4.98 Å². The number of hydrogen-bond acceptors (Lipinski definition) is 4. The molecule has 0 spiro atoms. The second-order valence-electron chi connectivity index (χ2n) is 1.73. The van der Waals surface area contributed by atoms with Crippen molar-refractivity contribution in [3.8, 4) is 11.8 Å². The highest BCUT2D eigenvalue weighted by molar-refractivity contribution is 5.58. The highest BCUT2D eigenvalue weighted by Gasteiger charge is 2.02. The molecule has 0 aliphatic rings. The molecular weight excluding hydrogens is 130 g/mol. The van der Waals surface area contributed by atoms with E-state index in [4.69, 9.17) is 16.1 Å². The molecule has 0 aliphatic carbocycles. The lowest BCUT2D eigenvalue weighted by Gasteiger charge is -1.96. The van der Waals surface area contributed by atoms with Crippen LogP contribution < -0.4 is 5.73 Å². The Morgan fingerprint density at radius 3 is 2.70 bits per heavy atom. The van der Waals surface area contributed by atoms with E-state index < -0.39 is 0 Å². The molecule has 1 aromatic rings. The summed E-state index contributed by atoms with van der Waals surface area (Å²) >= 11 is 0. The predicted octanol–water partition coefficient (Wildman–Crippen LogP) is 0.241. The molecule has 0 aromatic carbocycles. The van der Waals surface area contributed by atoms with E-state index in [1.807, 2.05) is 0 Å². The molecule has 0 fully saturated rings. The van der Waals surface area contributed by atoms with E-state index in [-0.39, 0.29) is 17.0 Å². The summed E-state index contributed by atoms with van der Waals surface area (Å²) in [7, 11) is 0. The van der Waals surface area contributed by atoms with Gasteiger partial charge in [-0.2, -0.15) is 5.26 Å². The summed E-state index contributed by atoms with van der Waals surface area (Å²) in [6, 6.07) is 1.75. The van der Waals surface area contributed by atoms with Crippen LogP contribution in [-0.4, -0.2) is 10.1 Å². The van der Waals surface area contributed by atoms with E-state index >= 15 is 0 Å². The molecule has 0 radical (unpaired) electrons. The first-order valence-electron chi connectivity index (χ1n) is 2.58. The van der Waals surface area contributed by atoms with E-state index in [0.717, 1.165) is 0 Å². The fourth-order valence-electron chi connectivity index (χ4n) is 0.587. The maximum absolute atomic E-state index is 8.93. The van der Waals surface area contributed by atoms with Crippen molar-refractivity contribution in [3.63, 3.8) is 0 Å². The third-order valence-corrected chi connectivity index (χ3v) is 1.07. The Hall–Kier alpha value is -1.76. The first kappa shape index (κ1) is 6.36. The van der Waals surface area contributed by atoms with Gasteiger partial charge in [0, 0.05) is 0 Å². The molecule has 0 bridgehead atoms. The molecule has 50 valence electrons. The normalized spacial score (nSPS) is 8.70. The monoisotopic (exact) mass is 135 g/mol. The molecule has 0 unspecified atom stereocenters. The van der Waals surface area contributed by atoms with Crippen LogP contribution in [0.5, 0.6) is 5.75 Å².